The molecule has 1 aromatic rings. The van der Waals surface area contributed by atoms with Gasteiger partial charge in [0.2, 0.25) is 0 Å². The molecule has 1 unspecified atom stereocenters. The average Bonchev–Trinajstić information content (AvgIpc) is 2.77. The molecule has 19 heavy (non-hydrogen) atoms. The molecule has 1 heterocycles. The van der Waals surface area contributed by atoms with Crippen LogP contribution in [0.3, 0.4) is 0 Å². The van der Waals surface area contributed by atoms with Crippen molar-refractivity contribution in [1.29, 1.82) is 0 Å². The molecule has 106 valence electrons. The van der Waals surface area contributed by atoms with E-state index in [4.69, 9.17) is 5.11 Å². The molecule has 0 fully saturated rings. The van der Waals surface area contributed by atoms with Crippen LogP contribution in [0.5, 0.6) is 0 Å². The summed E-state index contributed by atoms with van der Waals surface area (Å²) in [6.45, 7) is 0.725. The van der Waals surface area contributed by atoms with E-state index in [2.05, 4.69) is 15.6 Å². The minimum atomic E-state index is -1.05. The van der Waals surface area contributed by atoms with E-state index < -0.39 is 16.8 Å². The van der Waals surface area contributed by atoms with E-state index in [-0.39, 0.29) is 11.7 Å². The Hall–Kier alpha value is -1.48. The average molecular weight is 305 g/mol. The van der Waals surface area contributed by atoms with Gasteiger partial charge in [0, 0.05) is 47.7 Å². The first-order valence-electron chi connectivity index (χ1n) is 5.48. The van der Waals surface area contributed by atoms with E-state index >= 15 is 0 Å². The predicted molar refractivity (Wildman–Crippen MR) is 73.1 cm³/mol. The molecule has 0 aliphatic rings. The molecule has 1 aromatic heterocycles. The Labute approximate surface area is 116 Å². The van der Waals surface area contributed by atoms with Gasteiger partial charge in [0.1, 0.15) is 0 Å². The normalized spacial score (nSPS) is 11.8. The number of hydrogen-bond donors (Lipinski definition) is 3. The molecule has 0 aromatic carbocycles. The number of aromatic nitrogens is 1. The van der Waals surface area contributed by atoms with Crippen LogP contribution in [0.2, 0.25) is 0 Å². The summed E-state index contributed by atoms with van der Waals surface area (Å²) in [6.07, 6.45) is 2.05. The summed E-state index contributed by atoms with van der Waals surface area (Å²) in [6, 6.07) is -0.333. The number of thiazole rings is 1. The predicted octanol–water partition coefficient (Wildman–Crippen LogP) is 0.0615. The molecule has 0 aliphatic carbocycles. The molecule has 9 heteroatoms. The van der Waals surface area contributed by atoms with Crippen molar-refractivity contribution in [2.24, 2.45) is 0 Å². The number of nitrogens with zero attached hydrogens (tertiary/aromatic N) is 1. The maximum absolute atomic E-state index is 11.3. The van der Waals surface area contributed by atoms with Gasteiger partial charge in [-0.15, -0.1) is 11.3 Å². The molecule has 0 bridgehead atoms. The van der Waals surface area contributed by atoms with E-state index in [0.717, 1.165) is 0 Å². The number of carboxylic acid groups (broad SMARTS) is 1. The zero-order valence-electron chi connectivity index (χ0n) is 10.3. The SMILES string of the molecule is CS(=O)CCNC(=O)NCCc1nc(C(=O)O)cs1. The van der Waals surface area contributed by atoms with Crippen LogP contribution in [0.1, 0.15) is 15.5 Å². The zero-order valence-corrected chi connectivity index (χ0v) is 12.0. The van der Waals surface area contributed by atoms with Gasteiger partial charge < -0.3 is 15.7 Å². The highest BCUT2D eigenvalue weighted by molar-refractivity contribution is 7.84. The zero-order chi connectivity index (χ0) is 14.3. The first-order chi connectivity index (χ1) is 8.99. The van der Waals surface area contributed by atoms with Crippen molar-refractivity contribution < 1.29 is 18.9 Å². The summed E-state index contributed by atoms with van der Waals surface area (Å²) in [4.78, 5) is 25.8. The molecule has 7 nitrogen and oxygen atoms in total. The molecule has 2 amide bonds. The van der Waals surface area contributed by atoms with Crippen molar-refractivity contribution in [2.45, 2.75) is 6.42 Å². The highest BCUT2D eigenvalue weighted by atomic mass is 32.2. The Bertz CT molecular complexity index is 475. The maximum atomic E-state index is 11.3. The van der Waals surface area contributed by atoms with Crippen LogP contribution in [-0.2, 0) is 17.2 Å². The molecule has 1 atom stereocenters. The topological polar surface area (TPSA) is 108 Å². The maximum Gasteiger partial charge on any atom is 0.355 e. The number of nitrogens with one attached hydrogen (secondary N) is 2. The summed E-state index contributed by atoms with van der Waals surface area (Å²) in [5.41, 5.74) is 0.0230. The lowest BCUT2D eigenvalue weighted by Crippen LogP contribution is -2.38. The molecule has 3 N–H and O–H groups in total. The highest BCUT2D eigenvalue weighted by Crippen LogP contribution is 2.09. The van der Waals surface area contributed by atoms with E-state index in [9.17, 15) is 13.8 Å². The fourth-order valence-electron chi connectivity index (χ4n) is 1.18. The Morgan fingerprint density at radius 2 is 2.11 bits per heavy atom. The quantitative estimate of drug-likeness (QED) is 0.660. The second-order valence-electron chi connectivity index (χ2n) is 3.64. The fraction of sp³-hybridized carbons (Fsp3) is 0.500. The molecule has 0 spiro atoms. The van der Waals surface area contributed by atoms with Crippen molar-refractivity contribution >= 4 is 34.1 Å². The second-order valence-corrected chi connectivity index (χ2v) is 6.14. The van der Waals surface area contributed by atoms with Gasteiger partial charge in [0.15, 0.2) is 5.69 Å². The lowest BCUT2D eigenvalue weighted by Gasteiger charge is -2.05. The van der Waals surface area contributed by atoms with Gasteiger partial charge in [-0.2, -0.15) is 0 Å². The van der Waals surface area contributed by atoms with E-state index in [1.807, 2.05) is 0 Å². The van der Waals surface area contributed by atoms with Gasteiger partial charge in [-0.05, 0) is 0 Å². The molecule has 0 aliphatic heterocycles. The number of aromatic carboxylic acids is 1. The fourth-order valence-corrected chi connectivity index (χ4v) is 2.34. The third-order valence-electron chi connectivity index (χ3n) is 2.07. The molecule has 0 saturated carbocycles. The lowest BCUT2D eigenvalue weighted by atomic mass is 10.4. The van der Waals surface area contributed by atoms with Crippen molar-refractivity contribution in [3.05, 3.63) is 16.1 Å². The van der Waals surface area contributed by atoms with Gasteiger partial charge in [0.25, 0.3) is 0 Å². The van der Waals surface area contributed by atoms with Crippen LogP contribution >= 0.6 is 11.3 Å². The third kappa shape index (κ3) is 6.30. The number of urea groups is 1. The van der Waals surface area contributed by atoms with E-state index in [1.165, 1.54) is 16.7 Å². The van der Waals surface area contributed by atoms with Gasteiger partial charge in [-0.3, -0.25) is 4.21 Å². The van der Waals surface area contributed by atoms with Crippen molar-refractivity contribution in [1.82, 2.24) is 15.6 Å². The van der Waals surface area contributed by atoms with Gasteiger partial charge in [-0.1, -0.05) is 0 Å². The van der Waals surface area contributed by atoms with Gasteiger partial charge >= 0.3 is 12.0 Å². The smallest absolute Gasteiger partial charge is 0.355 e. The summed E-state index contributed by atoms with van der Waals surface area (Å²) < 4.78 is 10.8. The first-order valence-corrected chi connectivity index (χ1v) is 8.09. The molecule has 0 radical (unpaired) electrons. The van der Waals surface area contributed by atoms with Crippen LogP contribution in [-0.4, -0.2) is 51.4 Å². The summed E-state index contributed by atoms with van der Waals surface area (Å²) in [5, 5.41) is 16.0. The van der Waals surface area contributed by atoms with Crippen molar-refractivity contribution in [3.8, 4) is 0 Å². The van der Waals surface area contributed by atoms with Crippen LogP contribution in [0.15, 0.2) is 5.38 Å². The van der Waals surface area contributed by atoms with Crippen LogP contribution < -0.4 is 10.6 Å². The number of hydrogen-bond acceptors (Lipinski definition) is 5. The Kier molecular flexibility index (Phi) is 6.43. The Balaban J connectivity index is 2.20. The number of rotatable bonds is 7. The summed E-state index contributed by atoms with van der Waals surface area (Å²) in [7, 11) is -0.926. The number of carboxylic acids is 1. The molecular formula is C10H15N3O4S2. The van der Waals surface area contributed by atoms with E-state index in [1.54, 1.807) is 6.26 Å². The van der Waals surface area contributed by atoms with Gasteiger partial charge in [-0.25, -0.2) is 14.6 Å². The summed E-state index contributed by atoms with van der Waals surface area (Å²) in [5.74, 6) is -0.636. The van der Waals surface area contributed by atoms with Crippen LogP contribution in [0, 0.1) is 0 Å². The largest absolute Gasteiger partial charge is 0.476 e. The third-order valence-corrected chi connectivity index (χ3v) is 3.76. The number of carbonyl (C=O) groups excluding carboxylic acids is 1. The monoisotopic (exact) mass is 305 g/mol. The molecule has 0 saturated heterocycles. The Morgan fingerprint density at radius 3 is 2.68 bits per heavy atom. The molecule has 1 rings (SSSR count). The standard InChI is InChI=1S/C10H15N3O4S2/c1-19(17)5-4-12-10(16)11-3-2-8-13-7(6-18-8)9(14)15/h6H,2-5H2,1H3,(H,14,15)(H2,11,12,16). The summed E-state index contributed by atoms with van der Waals surface area (Å²) >= 11 is 1.25. The minimum Gasteiger partial charge on any atom is -0.476 e. The van der Waals surface area contributed by atoms with Crippen molar-refractivity contribution in [2.75, 3.05) is 25.1 Å². The number of amides is 2. The second kappa shape index (κ2) is 7.85. The van der Waals surface area contributed by atoms with Crippen LogP contribution in [0.4, 0.5) is 4.79 Å². The number of carbonyl (C=O) groups is 2. The minimum absolute atomic E-state index is 0.0230. The van der Waals surface area contributed by atoms with Crippen molar-refractivity contribution in [3.63, 3.8) is 0 Å². The first kappa shape index (κ1) is 15.6. The van der Waals surface area contributed by atoms with Crippen LogP contribution in [0.25, 0.3) is 0 Å². The Morgan fingerprint density at radius 1 is 1.42 bits per heavy atom. The highest BCUT2D eigenvalue weighted by Gasteiger charge is 2.08. The van der Waals surface area contributed by atoms with E-state index in [0.29, 0.717) is 30.3 Å². The van der Waals surface area contributed by atoms with Gasteiger partial charge in [0.05, 0.1) is 5.01 Å². The molecular weight excluding hydrogens is 290 g/mol. The lowest BCUT2D eigenvalue weighted by molar-refractivity contribution is 0.0691.